The van der Waals surface area contributed by atoms with E-state index in [0.29, 0.717) is 6.42 Å². The molecule has 1 heterocycles. The van der Waals surface area contributed by atoms with E-state index in [1.807, 2.05) is 6.92 Å². The van der Waals surface area contributed by atoms with E-state index in [-0.39, 0.29) is 11.3 Å². The summed E-state index contributed by atoms with van der Waals surface area (Å²) in [4.78, 5) is 22.8. The summed E-state index contributed by atoms with van der Waals surface area (Å²) in [5.41, 5.74) is -0.0707. The predicted octanol–water partition coefficient (Wildman–Crippen LogP) is 2.90. The van der Waals surface area contributed by atoms with Crippen LogP contribution < -0.4 is 0 Å². The lowest BCUT2D eigenvalue weighted by Crippen LogP contribution is -2.45. The van der Waals surface area contributed by atoms with Gasteiger partial charge in [-0.05, 0) is 19.3 Å². The van der Waals surface area contributed by atoms with E-state index in [1.165, 1.54) is 0 Å². The number of carbonyl (C=O) groups is 1. The molecule has 5 nitrogen and oxygen atoms in total. The molecule has 0 spiro atoms. The zero-order valence-corrected chi connectivity index (χ0v) is 12.1. The van der Waals surface area contributed by atoms with Gasteiger partial charge in [0.15, 0.2) is 0 Å². The third-order valence-electron chi connectivity index (χ3n) is 3.75. The van der Waals surface area contributed by atoms with Gasteiger partial charge in [-0.3, -0.25) is 0 Å². The quantitative estimate of drug-likeness (QED) is 0.448. The molecule has 1 aliphatic heterocycles. The molecular formula is C14H22N2O3. The van der Waals surface area contributed by atoms with Crippen LogP contribution >= 0.6 is 0 Å². The van der Waals surface area contributed by atoms with Gasteiger partial charge in [0.2, 0.25) is 5.60 Å². The van der Waals surface area contributed by atoms with Gasteiger partial charge in [-0.25, -0.2) is 4.79 Å². The summed E-state index contributed by atoms with van der Waals surface area (Å²) in [6.07, 6.45) is 4.82. The standard InChI is InChI=1S/C14H22N2O3/c1-5-9-15-18-12(17)14-8-6-7-10(14)11(16-19-14)13(2,3)4/h9-10H,5-8H2,1-4H3/b15-9+. The van der Waals surface area contributed by atoms with Crippen molar-refractivity contribution in [2.75, 3.05) is 0 Å². The van der Waals surface area contributed by atoms with Crippen molar-refractivity contribution in [3.8, 4) is 0 Å². The van der Waals surface area contributed by atoms with Crippen molar-refractivity contribution < 1.29 is 14.5 Å². The Labute approximate surface area is 114 Å². The highest BCUT2D eigenvalue weighted by Gasteiger charge is 2.60. The lowest BCUT2D eigenvalue weighted by molar-refractivity contribution is -0.171. The molecule has 2 unspecified atom stereocenters. The number of hydrogen-bond acceptors (Lipinski definition) is 5. The number of fused-ring (bicyclic) bond motifs is 1. The number of oxime groups is 2. The largest absolute Gasteiger partial charge is 0.381 e. The first-order valence-corrected chi connectivity index (χ1v) is 6.91. The molecule has 0 aromatic carbocycles. The zero-order valence-electron chi connectivity index (χ0n) is 12.1. The number of rotatable bonds is 3. The van der Waals surface area contributed by atoms with E-state index in [2.05, 4.69) is 31.1 Å². The van der Waals surface area contributed by atoms with Gasteiger partial charge < -0.3 is 9.68 Å². The maximum atomic E-state index is 12.3. The van der Waals surface area contributed by atoms with E-state index in [1.54, 1.807) is 6.21 Å². The van der Waals surface area contributed by atoms with E-state index in [9.17, 15) is 4.79 Å². The fourth-order valence-electron chi connectivity index (χ4n) is 2.82. The maximum absolute atomic E-state index is 12.3. The van der Waals surface area contributed by atoms with Crippen molar-refractivity contribution in [2.24, 2.45) is 21.6 Å². The highest BCUT2D eigenvalue weighted by molar-refractivity contribution is 5.99. The fourth-order valence-corrected chi connectivity index (χ4v) is 2.82. The Morgan fingerprint density at radius 3 is 3.00 bits per heavy atom. The van der Waals surface area contributed by atoms with E-state index < -0.39 is 11.6 Å². The van der Waals surface area contributed by atoms with Crippen LogP contribution in [0.5, 0.6) is 0 Å². The van der Waals surface area contributed by atoms with E-state index >= 15 is 0 Å². The second kappa shape index (κ2) is 4.94. The topological polar surface area (TPSA) is 60.2 Å². The molecule has 0 aromatic rings. The molecule has 0 N–H and O–H groups in total. The summed E-state index contributed by atoms with van der Waals surface area (Å²) in [7, 11) is 0. The molecule has 1 aliphatic carbocycles. The van der Waals surface area contributed by atoms with Crippen molar-refractivity contribution in [2.45, 2.75) is 59.0 Å². The summed E-state index contributed by atoms with van der Waals surface area (Å²) >= 11 is 0. The summed E-state index contributed by atoms with van der Waals surface area (Å²) in [5, 5.41) is 7.85. The second-order valence-electron chi connectivity index (χ2n) is 6.23. The predicted molar refractivity (Wildman–Crippen MR) is 72.9 cm³/mol. The molecule has 19 heavy (non-hydrogen) atoms. The average molecular weight is 266 g/mol. The summed E-state index contributed by atoms with van der Waals surface area (Å²) in [6, 6.07) is 0. The van der Waals surface area contributed by atoms with Crippen LogP contribution in [0.1, 0.15) is 53.4 Å². The van der Waals surface area contributed by atoms with Gasteiger partial charge in [0, 0.05) is 18.1 Å². The highest BCUT2D eigenvalue weighted by atomic mass is 16.7. The van der Waals surface area contributed by atoms with Crippen LogP contribution in [0.25, 0.3) is 0 Å². The van der Waals surface area contributed by atoms with E-state index in [0.717, 1.165) is 25.0 Å². The van der Waals surface area contributed by atoms with Gasteiger partial charge in [0.1, 0.15) is 0 Å². The molecule has 0 saturated heterocycles. The van der Waals surface area contributed by atoms with Crippen LogP contribution in [-0.4, -0.2) is 23.5 Å². The molecule has 1 fully saturated rings. The maximum Gasteiger partial charge on any atom is 0.381 e. The monoisotopic (exact) mass is 266 g/mol. The van der Waals surface area contributed by atoms with E-state index in [4.69, 9.17) is 9.68 Å². The Morgan fingerprint density at radius 2 is 2.37 bits per heavy atom. The minimum atomic E-state index is -0.937. The normalized spacial score (nSPS) is 30.1. The molecule has 0 radical (unpaired) electrons. The molecule has 2 rings (SSSR count). The van der Waals surface area contributed by atoms with Gasteiger partial charge >= 0.3 is 5.97 Å². The van der Waals surface area contributed by atoms with Crippen LogP contribution in [0, 0.1) is 11.3 Å². The van der Waals surface area contributed by atoms with Gasteiger partial charge in [-0.15, -0.1) is 0 Å². The molecule has 0 amide bonds. The first-order valence-electron chi connectivity index (χ1n) is 6.91. The van der Waals surface area contributed by atoms with Crippen molar-refractivity contribution in [3.63, 3.8) is 0 Å². The van der Waals surface area contributed by atoms with Crippen molar-refractivity contribution in [1.82, 2.24) is 0 Å². The Hall–Kier alpha value is -1.39. The summed E-state index contributed by atoms with van der Waals surface area (Å²) in [6.45, 7) is 8.19. The third kappa shape index (κ3) is 2.38. The van der Waals surface area contributed by atoms with Gasteiger partial charge in [-0.1, -0.05) is 38.0 Å². The molecule has 2 atom stereocenters. The molecule has 1 saturated carbocycles. The number of nitrogens with zero attached hydrogens (tertiary/aromatic N) is 2. The van der Waals surface area contributed by atoms with Crippen LogP contribution in [0.3, 0.4) is 0 Å². The summed E-state index contributed by atoms with van der Waals surface area (Å²) < 4.78 is 0. The van der Waals surface area contributed by atoms with Crippen molar-refractivity contribution >= 4 is 17.9 Å². The Balaban J connectivity index is 2.17. The van der Waals surface area contributed by atoms with Crippen molar-refractivity contribution in [1.29, 1.82) is 0 Å². The first-order chi connectivity index (χ1) is 8.92. The molecule has 5 heteroatoms. The zero-order chi connectivity index (χ0) is 14.1. The first kappa shape index (κ1) is 14.0. The number of hydrogen-bond donors (Lipinski definition) is 0. The van der Waals surface area contributed by atoms with Gasteiger partial charge in [0.25, 0.3) is 0 Å². The molecule has 106 valence electrons. The SMILES string of the molecule is CC/C=N/OC(=O)C12CCCC1C(C(C)(C)C)=NO2. The van der Waals surface area contributed by atoms with Crippen LogP contribution in [0.4, 0.5) is 0 Å². The second-order valence-corrected chi connectivity index (χ2v) is 6.23. The molecule has 0 bridgehead atoms. The molecule has 2 aliphatic rings. The fraction of sp³-hybridized carbons (Fsp3) is 0.786. The lowest BCUT2D eigenvalue weighted by Gasteiger charge is -2.26. The van der Waals surface area contributed by atoms with Gasteiger partial charge in [0.05, 0.1) is 11.6 Å². The highest BCUT2D eigenvalue weighted by Crippen LogP contribution is 2.48. The Bertz CT molecular complexity index is 423. The van der Waals surface area contributed by atoms with Crippen LogP contribution in [0.2, 0.25) is 0 Å². The van der Waals surface area contributed by atoms with Gasteiger partial charge in [-0.2, -0.15) is 0 Å². The number of carbonyl (C=O) groups excluding carboxylic acids is 1. The van der Waals surface area contributed by atoms with Crippen molar-refractivity contribution in [3.05, 3.63) is 0 Å². The lowest BCUT2D eigenvalue weighted by atomic mass is 9.76. The smallest absolute Gasteiger partial charge is 0.376 e. The minimum Gasteiger partial charge on any atom is -0.376 e. The third-order valence-corrected chi connectivity index (χ3v) is 3.75. The minimum absolute atomic E-state index is 0.0248. The van der Waals surface area contributed by atoms with Crippen LogP contribution in [-0.2, 0) is 14.5 Å². The Morgan fingerprint density at radius 1 is 1.63 bits per heavy atom. The molecule has 0 aromatic heterocycles. The average Bonchev–Trinajstić information content (AvgIpc) is 2.85. The Kier molecular flexibility index (Phi) is 3.65. The summed E-state index contributed by atoms with van der Waals surface area (Å²) in [5.74, 6) is -0.389. The van der Waals surface area contributed by atoms with Crippen LogP contribution in [0.15, 0.2) is 10.3 Å². The molecular weight excluding hydrogens is 244 g/mol.